The Morgan fingerprint density at radius 3 is 2.64 bits per heavy atom. The van der Waals surface area contributed by atoms with Gasteiger partial charge in [0.05, 0.1) is 0 Å². The summed E-state index contributed by atoms with van der Waals surface area (Å²) in [4.78, 5) is 0. The fraction of sp³-hybridized carbons (Fsp3) is 1.00. The second kappa shape index (κ2) is 5.75. The molecule has 0 aromatic heterocycles. The molecule has 1 rings (SSSR count). The molecule has 84 valence electrons. The van der Waals surface area contributed by atoms with Crippen molar-refractivity contribution in [2.75, 3.05) is 6.54 Å². The summed E-state index contributed by atoms with van der Waals surface area (Å²) in [7, 11) is 0. The van der Waals surface area contributed by atoms with Gasteiger partial charge in [0.25, 0.3) is 0 Å². The first kappa shape index (κ1) is 12.0. The molecule has 4 unspecified atom stereocenters. The molecule has 1 nitrogen and oxygen atoms in total. The van der Waals surface area contributed by atoms with Crippen LogP contribution in [-0.2, 0) is 0 Å². The second-order valence-electron chi connectivity index (χ2n) is 5.25. The van der Waals surface area contributed by atoms with E-state index in [9.17, 15) is 0 Å². The van der Waals surface area contributed by atoms with Crippen molar-refractivity contribution >= 4 is 0 Å². The highest BCUT2D eigenvalue weighted by atomic mass is 14.6. The fourth-order valence-electron chi connectivity index (χ4n) is 3.31. The van der Waals surface area contributed by atoms with E-state index >= 15 is 0 Å². The van der Waals surface area contributed by atoms with Crippen molar-refractivity contribution < 1.29 is 0 Å². The smallest absolute Gasteiger partial charge is 0.00487 e. The van der Waals surface area contributed by atoms with Crippen LogP contribution in [-0.4, -0.2) is 6.54 Å². The van der Waals surface area contributed by atoms with Crippen molar-refractivity contribution in [3.05, 3.63) is 0 Å². The van der Waals surface area contributed by atoms with Gasteiger partial charge in [-0.2, -0.15) is 0 Å². The molecule has 0 aliphatic heterocycles. The molecule has 0 amide bonds. The van der Waals surface area contributed by atoms with Crippen molar-refractivity contribution in [1.29, 1.82) is 0 Å². The van der Waals surface area contributed by atoms with E-state index in [0.717, 1.165) is 30.2 Å². The van der Waals surface area contributed by atoms with Gasteiger partial charge in [0.1, 0.15) is 0 Å². The average molecular weight is 197 g/mol. The molecule has 1 aliphatic rings. The Hall–Kier alpha value is -0.0400. The van der Waals surface area contributed by atoms with E-state index < -0.39 is 0 Å². The summed E-state index contributed by atoms with van der Waals surface area (Å²) in [6.07, 6.45) is 7.08. The molecule has 14 heavy (non-hydrogen) atoms. The van der Waals surface area contributed by atoms with Crippen LogP contribution in [0.4, 0.5) is 0 Å². The number of nitrogens with two attached hydrogens (primary N) is 1. The van der Waals surface area contributed by atoms with E-state index in [4.69, 9.17) is 5.73 Å². The Kier molecular flexibility index (Phi) is 4.94. The van der Waals surface area contributed by atoms with E-state index in [1.807, 2.05) is 0 Å². The Bertz CT molecular complexity index is 155. The van der Waals surface area contributed by atoms with Crippen LogP contribution < -0.4 is 5.73 Å². The molecule has 1 fully saturated rings. The summed E-state index contributed by atoms with van der Waals surface area (Å²) in [5, 5.41) is 0. The van der Waals surface area contributed by atoms with Gasteiger partial charge in [0.15, 0.2) is 0 Å². The lowest BCUT2D eigenvalue weighted by Gasteiger charge is -2.28. The topological polar surface area (TPSA) is 26.0 Å². The molecule has 0 radical (unpaired) electrons. The standard InChI is InChI=1S/C13H27N/c1-4-5-6-12-8-7-10(2)13(12)11(3)9-14/h10-13H,4-9,14H2,1-3H3. The molecule has 0 heterocycles. The quantitative estimate of drug-likeness (QED) is 0.718. The summed E-state index contributed by atoms with van der Waals surface area (Å²) in [5.74, 6) is 3.53. The third-order valence-electron chi connectivity index (χ3n) is 4.15. The van der Waals surface area contributed by atoms with Gasteiger partial charge in [-0.1, -0.05) is 46.5 Å². The Labute approximate surface area is 89.5 Å². The summed E-state index contributed by atoms with van der Waals surface area (Å²) < 4.78 is 0. The maximum absolute atomic E-state index is 5.80. The van der Waals surface area contributed by atoms with Crippen LogP contribution in [0.3, 0.4) is 0 Å². The van der Waals surface area contributed by atoms with Gasteiger partial charge in [-0.3, -0.25) is 0 Å². The molecular weight excluding hydrogens is 170 g/mol. The molecule has 0 bridgehead atoms. The van der Waals surface area contributed by atoms with Gasteiger partial charge >= 0.3 is 0 Å². The first-order valence-electron chi connectivity index (χ1n) is 6.40. The molecule has 0 aromatic rings. The maximum Gasteiger partial charge on any atom is -0.00487 e. The Morgan fingerprint density at radius 2 is 2.07 bits per heavy atom. The van der Waals surface area contributed by atoms with Crippen LogP contribution >= 0.6 is 0 Å². The maximum atomic E-state index is 5.80. The summed E-state index contributed by atoms with van der Waals surface area (Å²) >= 11 is 0. The highest BCUT2D eigenvalue weighted by Crippen LogP contribution is 2.43. The zero-order valence-corrected chi connectivity index (χ0v) is 10.1. The molecule has 0 aromatic carbocycles. The van der Waals surface area contributed by atoms with Crippen LogP contribution in [0.2, 0.25) is 0 Å². The third-order valence-corrected chi connectivity index (χ3v) is 4.15. The molecule has 4 atom stereocenters. The highest BCUT2D eigenvalue weighted by molar-refractivity contribution is 4.85. The normalized spacial score (nSPS) is 34.7. The zero-order chi connectivity index (χ0) is 10.6. The number of rotatable bonds is 5. The van der Waals surface area contributed by atoms with Crippen molar-refractivity contribution in [2.45, 2.75) is 52.9 Å². The van der Waals surface area contributed by atoms with Crippen LogP contribution in [0.1, 0.15) is 52.9 Å². The Morgan fingerprint density at radius 1 is 1.36 bits per heavy atom. The van der Waals surface area contributed by atoms with E-state index in [-0.39, 0.29) is 0 Å². The second-order valence-corrected chi connectivity index (χ2v) is 5.25. The van der Waals surface area contributed by atoms with E-state index in [0.29, 0.717) is 0 Å². The van der Waals surface area contributed by atoms with Gasteiger partial charge in [-0.15, -0.1) is 0 Å². The predicted molar refractivity (Wildman–Crippen MR) is 63.1 cm³/mol. The highest BCUT2D eigenvalue weighted by Gasteiger charge is 2.35. The van der Waals surface area contributed by atoms with Crippen LogP contribution in [0.5, 0.6) is 0 Å². The molecule has 2 N–H and O–H groups in total. The number of hydrogen-bond acceptors (Lipinski definition) is 1. The predicted octanol–water partition coefficient (Wildman–Crippen LogP) is 3.43. The van der Waals surface area contributed by atoms with Crippen LogP contribution in [0, 0.1) is 23.7 Å². The summed E-state index contributed by atoms with van der Waals surface area (Å²) in [6.45, 7) is 7.92. The van der Waals surface area contributed by atoms with Gasteiger partial charge in [0, 0.05) is 0 Å². The first-order valence-corrected chi connectivity index (χ1v) is 6.40. The minimum absolute atomic E-state index is 0.731. The Balaban J connectivity index is 2.48. The number of unbranched alkanes of at least 4 members (excludes halogenated alkanes) is 1. The van der Waals surface area contributed by atoms with E-state index in [1.165, 1.54) is 32.1 Å². The van der Waals surface area contributed by atoms with Gasteiger partial charge < -0.3 is 5.73 Å². The lowest BCUT2D eigenvalue weighted by Crippen LogP contribution is -2.27. The molecule has 1 saturated carbocycles. The van der Waals surface area contributed by atoms with Crippen LogP contribution in [0.15, 0.2) is 0 Å². The van der Waals surface area contributed by atoms with Crippen molar-refractivity contribution in [3.63, 3.8) is 0 Å². The van der Waals surface area contributed by atoms with Crippen LogP contribution in [0.25, 0.3) is 0 Å². The molecule has 0 spiro atoms. The molecule has 1 heteroatoms. The fourth-order valence-corrected chi connectivity index (χ4v) is 3.31. The van der Waals surface area contributed by atoms with Crippen molar-refractivity contribution in [3.8, 4) is 0 Å². The van der Waals surface area contributed by atoms with Gasteiger partial charge in [-0.25, -0.2) is 0 Å². The molecule has 0 saturated heterocycles. The van der Waals surface area contributed by atoms with E-state index in [1.54, 1.807) is 0 Å². The third kappa shape index (κ3) is 2.73. The number of hydrogen-bond donors (Lipinski definition) is 1. The molecule has 1 aliphatic carbocycles. The largest absolute Gasteiger partial charge is 0.330 e. The molecular formula is C13H27N. The average Bonchev–Trinajstić information content (AvgIpc) is 2.55. The van der Waals surface area contributed by atoms with Crippen molar-refractivity contribution in [1.82, 2.24) is 0 Å². The van der Waals surface area contributed by atoms with Gasteiger partial charge in [0.2, 0.25) is 0 Å². The first-order chi connectivity index (χ1) is 6.70. The monoisotopic (exact) mass is 197 g/mol. The van der Waals surface area contributed by atoms with Gasteiger partial charge in [-0.05, 0) is 36.6 Å². The lowest BCUT2D eigenvalue weighted by atomic mass is 9.78. The minimum atomic E-state index is 0.731. The lowest BCUT2D eigenvalue weighted by molar-refractivity contribution is 0.220. The zero-order valence-electron chi connectivity index (χ0n) is 10.1. The van der Waals surface area contributed by atoms with Crippen molar-refractivity contribution in [2.24, 2.45) is 29.4 Å². The minimum Gasteiger partial charge on any atom is -0.330 e. The van der Waals surface area contributed by atoms with E-state index in [2.05, 4.69) is 20.8 Å². The SMILES string of the molecule is CCCCC1CCC(C)C1C(C)CN. The summed E-state index contributed by atoms with van der Waals surface area (Å²) in [6, 6.07) is 0. The summed E-state index contributed by atoms with van der Waals surface area (Å²) in [5.41, 5.74) is 5.80.